The predicted octanol–water partition coefficient (Wildman–Crippen LogP) is 4.18. The molecule has 3 nitrogen and oxygen atoms in total. The molecule has 0 bridgehead atoms. The monoisotopic (exact) mass is 298 g/mol. The molecule has 22 heavy (non-hydrogen) atoms. The fraction of sp³-hybridized carbons (Fsp3) is 0.474. The number of carbonyl (C=O) groups is 1. The number of pyridine rings is 1. The maximum Gasteiger partial charge on any atom is 0.272 e. The van der Waals surface area contributed by atoms with Crippen LogP contribution in [0, 0.1) is 41.5 Å². The van der Waals surface area contributed by atoms with Crippen molar-refractivity contribution < 1.29 is 4.79 Å². The molecule has 0 unspecified atom stereocenters. The van der Waals surface area contributed by atoms with E-state index in [0.717, 1.165) is 11.3 Å². The summed E-state index contributed by atoms with van der Waals surface area (Å²) in [6, 6.07) is 0. The molecule has 3 heteroatoms. The molecule has 0 atom stereocenters. The number of rotatable bonds is 2. The molecular weight excluding hydrogens is 272 g/mol. The van der Waals surface area contributed by atoms with Crippen molar-refractivity contribution in [2.24, 2.45) is 0 Å². The number of amides is 1. The van der Waals surface area contributed by atoms with Crippen LogP contribution in [-0.2, 0) is 0 Å². The lowest BCUT2D eigenvalue weighted by Crippen LogP contribution is -2.28. The topological polar surface area (TPSA) is 33.2 Å². The first-order valence-electron chi connectivity index (χ1n) is 7.85. The van der Waals surface area contributed by atoms with Crippen LogP contribution in [0.2, 0.25) is 0 Å². The number of fused-ring (bicyclic) bond motifs is 1. The molecule has 0 radical (unpaired) electrons. The maximum atomic E-state index is 12.6. The molecule has 2 rings (SSSR count). The summed E-state index contributed by atoms with van der Waals surface area (Å²) < 4.78 is 0. The van der Waals surface area contributed by atoms with Crippen molar-refractivity contribution in [1.82, 2.24) is 9.88 Å². The van der Waals surface area contributed by atoms with E-state index in [0.29, 0.717) is 12.2 Å². The van der Waals surface area contributed by atoms with E-state index in [1.165, 1.54) is 33.0 Å². The summed E-state index contributed by atoms with van der Waals surface area (Å²) in [5.41, 5.74) is 7.68. The summed E-state index contributed by atoms with van der Waals surface area (Å²) >= 11 is 0. The Bertz CT molecular complexity index is 775. The van der Waals surface area contributed by atoms with Gasteiger partial charge in [-0.15, -0.1) is 0 Å². The van der Waals surface area contributed by atoms with Gasteiger partial charge in [-0.3, -0.25) is 4.79 Å². The summed E-state index contributed by atoms with van der Waals surface area (Å²) in [6.07, 6.45) is 0. The van der Waals surface area contributed by atoms with Crippen molar-refractivity contribution in [3.8, 4) is 0 Å². The smallest absolute Gasteiger partial charge is 0.272 e. The lowest BCUT2D eigenvalue weighted by Gasteiger charge is -2.21. The van der Waals surface area contributed by atoms with Crippen LogP contribution < -0.4 is 0 Å². The molecule has 0 aliphatic carbocycles. The highest BCUT2D eigenvalue weighted by Crippen LogP contribution is 2.34. The molecule has 2 aromatic rings. The van der Waals surface area contributed by atoms with Gasteiger partial charge in [0.1, 0.15) is 5.69 Å². The fourth-order valence-electron chi connectivity index (χ4n) is 3.19. The highest BCUT2D eigenvalue weighted by molar-refractivity contribution is 6.02. The first-order chi connectivity index (χ1) is 10.2. The van der Waals surface area contributed by atoms with Crippen molar-refractivity contribution in [3.05, 3.63) is 39.2 Å². The Hall–Kier alpha value is -1.90. The van der Waals surface area contributed by atoms with Crippen LogP contribution in [0.25, 0.3) is 10.8 Å². The van der Waals surface area contributed by atoms with Crippen molar-refractivity contribution >= 4 is 16.7 Å². The van der Waals surface area contributed by atoms with E-state index in [4.69, 9.17) is 0 Å². The summed E-state index contributed by atoms with van der Waals surface area (Å²) in [4.78, 5) is 19.0. The minimum atomic E-state index is 0.000260. The van der Waals surface area contributed by atoms with Gasteiger partial charge in [-0.25, -0.2) is 4.98 Å². The van der Waals surface area contributed by atoms with Gasteiger partial charge in [0.05, 0.1) is 0 Å². The van der Waals surface area contributed by atoms with Gasteiger partial charge < -0.3 is 4.90 Å². The van der Waals surface area contributed by atoms with Crippen molar-refractivity contribution in [2.75, 3.05) is 13.6 Å². The van der Waals surface area contributed by atoms with E-state index in [9.17, 15) is 4.79 Å². The third kappa shape index (κ3) is 2.29. The second-order valence-electron chi connectivity index (χ2n) is 6.24. The molecule has 1 aromatic carbocycles. The van der Waals surface area contributed by atoms with Crippen molar-refractivity contribution in [2.45, 2.75) is 48.5 Å². The van der Waals surface area contributed by atoms with Crippen molar-refractivity contribution in [1.29, 1.82) is 0 Å². The minimum absolute atomic E-state index is 0.000260. The molecule has 0 aliphatic rings. The molecular formula is C19H26N2O. The molecule has 0 saturated heterocycles. The first-order valence-corrected chi connectivity index (χ1v) is 7.85. The highest BCUT2D eigenvalue weighted by Gasteiger charge is 2.21. The SMILES string of the molecule is CCN(C)C(=O)c1nc(C)c2c(C)c(C)c(C)c(C)c2c1C. The normalized spacial score (nSPS) is 11.1. The summed E-state index contributed by atoms with van der Waals surface area (Å²) in [7, 11) is 1.82. The van der Waals surface area contributed by atoms with E-state index < -0.39 is 0 Å². The van der Waals surface area contributed by atoms with E-state index in [1.54, 1.807) is 4.90 Å². The lowest BCUT2D eigenvalue weighted by atomic mass is 9.88. The van der Waals surface area contributed by atoms with Crippen LogP contribution in [0.4, 0.5) is 0 Å². The third-order valence-corrected chi connectivity index (χ3v) is 5.08. The highest BCUT2D eigenvalue weighted by atomic mass is 16.2. The zero-order valence-electron chi connectivity index (χ0n) is 15.0. The Kier molecular flexibility index (Phi) is 4.28. The zero-order chi connectivity index (χ0) is 16.8. The number of hydrogen-bond donors (Lipinski definition) is 0. The molecule has 0 saturated carbocycles. The summed E-state index contributed by atoms with van der Waals surface area (Å²) in [5.74, 6) is 0.000260. The van der Waals surface area contributed by atoms with Crippen LogP contribution in [0.5, 0.6) is 0 Å². The van der Waals surface area contributed by atoms with E-state index >= 15 is 0 Å². The Morgan fingerprint density at radius 3 is 1.86 bits per heavy atom. The Balaban J connectivity index is 2.93. The predicted molar refractivity (Wildman–Crippen MR) is 92.8 cm³/mol. The largest absolute Gasteiger partial charge is 0.341 e. The zero-order valence-corrected chi connectivity index (χ0v) is 15.0. The Labute approximate surface area is 133 Å². The number of aryl methyl sites for hydroxylation is 4. The van der Waals surface area contributed by atoms with Gasteiger partial charge in [-0.2, -0.15) is 0 Å². The Morgan fingerprint density at radius 1 is 0.864 bits per heavy atom. The number of hydrogen-bond acceptors (Lipinski definition) is 2. The molecule has 0 fully saturated rings. The maximum absolute atomic E-state index is 12.6. The molecule has 0 N–H and O–H groups in total. The van der Waals surface area contributed by atoms with Crippen LogP contribution in [0.3, 0.4) is 0 Å². The van der Waals surface area contributed by atoms with Gasteiger partial charge in [-0.1, -0.05) is 0 Å². The fourth-order valence-corrected chi connectivity index (χ4v) is 3.19. The van der Waals surface area contributed by atoms with Crippen LogP contribution in [0.1, 0.15) is 50.9 Å². The molecule has 1 heterocycles. The molecule has 1 aromatic heterocycles. The first kappa shape index (κ1) is 16.5. The molecule has 118 valence electrons. The van der Waals surface area contributed by atoms with Gasteiger partial charge in [0.2, 0.25) is 0 Å². The summed E-state index contributed by atoms with van der Waals surface area (Å²) in [6.45, 7) is 15.3. The second kappa shape index (κ2) is 5.71. The number of carbonyl (C=O) groups excluding carboxylic acids is 1. The van der Waals surface area contributed by atoms with Crippen LogP contribution in [0.15, 0.2) is 0 Å². The van der Waals surface area contributed by atoms with Gasteiger partial charge in [0.15, 0.2) is 0 Å². The average Bonchev–Trinajstić information content (AvgIpc) is 2.50. The summed E-state index contributed by atoms with van der Waals surface area (Å²) in [5, 5.41) is 2.40. The van der Waals surface area contributed by atoms with Crippen molar-refractivity contribution in [3.63, 3.8) is 0 Å². The second-order valence-corrected chi connectivity index (χ2v) is 6.24. The number of aromatic nitrogens is 1. The minimum Gasteiger partial charge on any atom is -0.341 e. The Morgan fingerprint density at radius 2 is 1.36 bits per heavy atom. The number of nitrogens with zero attached hydrogens (tertiary/aromatic N) is 2. The lowest BCUT2D eigenvalue weighted by molar-refractivity contribution is 0.0796. The van der Waals surface area contributed by atoms with E-state index in [2.05, 4.69) is 32.7 Å². The quantitative estimate of drug-likeness (QED) is 0.833. The van der Waals surface area contributed by atoms with Gasteiger partial charge >= 0.3 is 0 Å². The van der Waals surface area contributed by atoms with Gasteiger partial charge in [0.25, 0.3) is 5.91 Å². The third-order valence-electron chi connectivity index (χ3n) is 5.08. The van der Waals surface area contributed by atoms with E-state index in [-0.39, 0.29) is 5.91 Å². The average molecular weight is 298 g/mol. The van der Waals surface area contributed by atoms with Gasteiger partial charge in [-0.05, 0) is 81.7 Å². The molecule has 1 amide bonds. The van der Waals surface area contributed by atoms with E-state index in [1.807, 2.05) is 27.8 Å². The molecule has 0 spiro atoms. The standard InChI is InChI=1S/C19H26N2O/c1-9-21(8)19(22)18-14(6)16-12(4)10(2)11(3)13(5)17(16)15(7)20-18/h9H2,1-8H3. The van der Waals surface area contributed by atoms with Gasteiger partial charge in [0, 0.05) is 24.7 Å². The van der Waals surface area contributed by atoms with Crippen LogP contribution >= 0.6 is 0 Å². The van der Waals surface area contributed by atoms with Crippen LogP contribution in [-0.4, -0.2) is 29.4 Å². The molecule has 0 aliphatic heterocycles. The number of benzene rings is 1.